The van der Waals surface area contributed by atoms with E-state index in [-0.39, 0.29) is 5.91 Å². The number of carboxylic acids is 1. The molecule has 0 aliphatic rings. The Kier molecular flexibility index (Phi) is 4.18. The number of aryl methyl sites for hydroxylation is 2. The summed E-state index contributed by atoms with van der Waals surface area (Å²) in [4.78, 5) is 22.5. The van der Waals surface area contributed by atoms with Gasteiger partial charge in [0.15, 0.2) is 5.82 Å². The number of amides is 1. The van der Waals surface area contributed by atoms with Gasteiger partial charge >= 0.3 is 5.97 Å². The lowest BCUT2D eigenvalue weighted by molar-refractivity contribution is -0.131. The van der Waals surface area contributed by atoms with E-state index in [0.717, 1.165) is 17.2 Å². The van der Waals surface area contributed by atoms with Crippen LogP contribution in [0.2, 0.25) is 0 Å². The highest BCUT2D eigenvalue weighted by Crippen LogP contribution is 2.15. The topological polar surface area (TPSA) is 92.4 Å². The van der Waals surface area contributed by atoms with Gasteiger partial charge < -0.3 is 14.9 Å². The number of aliphatic carboxylic acids is 1. The summed E-state index contributed by atoms with van der Waals surface area (Å²) in [6, 6.07) is 6.62. The van der Waals surface area contributed by atoms with Gasteiger partial charge in [-0.3, -0.25) is 4.79 Å². The van der Waals surface area contributed by atoms with Crippen LogP contribution in [0.4, 0.5) is 5.82 Å². The summed E-state index contributed by atoms with van der Waals surface area (Å²) in [5.41, 5.74) is 2.00. The maximum absolute atomic E-state index is 12.0. The van der Waals surface area contributed by atoms with E-state index in [4.69, 9.17) is 9.63 Å². The molecule has 0 atom stereocenters. The van der Waals surface area contributed by atoms with Gasteiger partial charge in [0.1, 0.15) is 5.76 Å². The highest BCUT2D eigenvalue weighted by molar-refractivity contribution is 6.04. The number of carboxylic acid groups (broad SMARTS) is 1. The van der Waals surface area contributed by atoms with Crippen molar-refractivity contribution in [2.24, 2.45) is 0 Å². The molecule has 0 aliphatic carbocycles. The maximum Gasteiger partial charge on any atom is 0.328 e. The third kappa shape index (κ3) is 3.79. The molecule has 1 aromatic carbocycles. The van der Waals surface area contributed by atoms with Gasteiger partial charge in [-0.05, 0) is 43.2 Å². The quantitative estimate of drug-likeness (QED) is 0.843. The molecule has 21 heavy (non-hydrogen) atoms. The van der Waals surface area contributed by atoms with Gasteiger partial charge in [-0.15, -0.1) is 0 Å². The summed E-state index contributed by atoms with van der Waals surface area (Å²) < 4.78 is 4.87. The number of hydrogen-bond donors (Lipinski definition) is 2. The van der Waals surface area contributed by atoms with Gasteiger partial charge in [0.05, 0.1) is 0 Å². The van der Waals surface area contributed by atoms with Gasteiger partial charge in [-0.25, -0.2) is 4.79 Å². The molecule has 0 fully saturated rings. The fourth-order valence-corrected chi connectivity index (χ4v) is 1.78. The predicted molar refractivity (Wildman–Crippen MR) is 77.0 cm³/mol. The third-order valence-electron chi connectivity index (χ3n) is 2.81. The van der Waals surface area contributed by atoms with E-state index in [9.17, 15) is 9.59 Å². The van der Waals surface area contributed by atoms with Crippen molar-refractivity contribution < 1.29 is 19.2 Å². The van der Waals surface area contributed by atoms with E-state index < -0.39 is 5.97 Å². The Morgan fingerprint density at radius 1 is 1.29 bits per heavy atom. The molecule has 0 saturated carbocycles. The van der Waals surface area contributed by atoms with Gasteiger partial charge in [0, 0.05) is 17.7 Å². The molecule has 0 radical (unpaired) electrons. The van der Waals surface area contributed by atoms with Crippen molar-refractivity contribution in [2.45, 2.75) is 13.8 Å². The first kappa shape index (κ1) is 14.5. The van der Waals surface area contributed by atoms with E-state index in [0.29, 0.717) is 17.1 Å². The number of nitrogens with zero attached hydrogens (tertiary/aromatic N) is 1. The second-order valence-corrected chi connectivity index (χ2v) is 4.52. The summed E-state index contributed by atoms with van der Waals surface area (Å²) in [6.07, 6.45) is 2.54. The van der Waals surface area contributed by atoms with Crippen LogP contribution in [0.1, 0.15) is 27.2 Å². The Bertz CT molecular complexity index is 716. The summed E-state index contributed by atoms with van der Waals surface area (Å²) in [5, 5.41) is 14.9. The van der Waals surface area contributed by atoms with E-state index in [1.165, 1.54) is 6.08 Å². The molecule has 2 N–H and O–H groups in total. The normalized spacial score (nSPS) is 10.8. The average Bonchev–Trinajstić information content (AvgIpc) is 2.82. The van der Waals surface area contributed by atoms with Crippen LogP contribution < -0.4 is 5.32 Å². The molecule has 1 aromatic heterocycles. The molecule has 1 heterocycles. The van der Waals surface area contributed by atoms with Crippen LogP contribution in [0, 0.1) is 13.8 Å². The largest absolute Gasteiger partial charge is 0.478 e. The first-order valence-electron chi connectivity index (χ1n) is 6.22. The summed E-state index contributed by atoms with van der Waals surface area (Å²) >= 11 is 0. The first-order valence-corrected chi connectivity index (χ1v) is 6.22. The number of aromatic nitrogens is 1. The molecular weight excluding hydrogens is 272 g/mol. The molecule has 0 spiro atoms. The van der Waals surface area contributed by atoms with Crippen LogP contribution >= 0.6 is 0 Å². The average molecular weight is 286 g/mol. The number of rotatable bonds is 4. The lowest BCUT2D eigenvalue weighted by atomic mass is 10.0. The zero-order chi connectivity index (χ0) is 15.4. The van der Waals surface area contributed by atoms with Crippen LogP contribution in [0.15, 0.2) is 34.9 Å². The minimum Gasteiger partial charge on any atom is -0.478 e. The fraction of sp³-hybridized carbons (Fsp3) is 0.133. The summed E-state index contributed by atoms with van der Waals surface area (Å²) in [5.74, 6) is -0.363. The molecule has 1 amide bonds. The zero-order valence-electron chi connectivity index (χ0n) is 11.6. The molecule has 0 bridgehead atoms. The molecule has 6 heteroatoms. The van der Waals surface area contributed by atoms with Crippen molar-refractivity contribution in [3.05, 3.63) is 52.8 Å². The van der Waals surface area contributed by atoms with Gasteiger partial charge in [0.2, 0.25) is 0 Å². The number of carbonyl (C=O) groups excluding carboxylic acids is 1. The summed E-state index contributed by atoms with van der Waals surface area (Å²) in [7, 11) is 0. The Morgan fingerprint density at radius 2 is 2.05 bits per heavy atom. The van der Waals surface area contributed by atoms with E-state index in [2.05, 4.69) is 10.5 Å². The standard InChI is InChI=1S/C15H14N2O4/c1-9-7-12(4-3-11(9)5-6-14(18)19)15(20)16-13-8-10(2)21-17-13/h3-8H,1-2H3,(H,18,19)(H,16,17,20)/b6-5+. The Balaban J connectivity index is 2.15. The van der Waals surface area contributed by atoms with Crippen molar-refractivity contribution >= 4 is 23.8 Å². The molecule has 108 valence electrons. The Morgan fingerprint density at radius 3 is 2.62 bits per heavy atom. The lowest BCUT2D eigenvalue weighted by Crippen LogP contribution is -2.12. The maximum atomic E-state index is 12.0. The van der Waals surface area contributed by atoms with E-state index in [1.807, 2.05) is 0 Å². The molecular formula is C15H14N2O4. The summed E-state index contributed by atoms with van der Waals surface area (Å²) in [6.45, 7) is 3.54. The van der Waals surface area contributed by atoms with Crippen molar-refractivity contribution in [3.63, 3.8) is 0 Å². The highest BCUT2D eigenvalue weighted by Gasteiger charge is 2.10. The van der Waals surface area contributed by atoms with Gasteiger partial charge in [0.25, 0.3) is 5.91 Å². The Labute approximate surface area is 121 Å². The predicted octanol–water partition coefficient (Wildman–Crippen LogP) is 2.64. The number of anilines is 1. The number of carbonyl (C=O) groups is 2. The second kappa shape index (κ2) is 6.04. The lowest BCUT2D eigenvalue weighted by Gasteiger charge is -2.05. The number of benzene rings is 1. The smallest absolute Gasteiger partial charge is 0.328 e. The zero-order valence-corrected chi connectivity index (χ0v) is 11.6. The minimum atomic E-state index is -1.02. The second-order valence-electron chi connectivity index (χ2n) is 4.52. The van der Waals surface area contributed by atoms with Crippen molar-refractivity contribution in [1.29, 1.82) is 0 Å². The van der Waals surface area contributed by atoms with Crippen LogP contribution in [0.3, 0.4) is 0 Å². The molecule has 0 aliphatic heterocycles. The molecule has 0 unspecified atom stereocenters. The first-order chi connectivity index (χ1) is 9.95. The van der Waals surface area contributed by atoms with E-state index in [1.54, 1.807) is 38.1 Å². The van der Waals surface area contributed by atoms with Crippen molar-refractivity contribution in [1.82, 2.24) is 5.16 Å². The van der Waals surface area contributed by atoms with Crippen molar-refractivity contribution in [3.8, 4) is 0 Å². The van der Waals surface area contributed by atoms with Gasteiger partial charge in [-0.1, -0.05) is 11.2 Å². The Hall–Kier alpha value is -2.89. The fourth-order valence-electron chi connectivity index (χ4n) is 1.78. The van der Waals surface area contributed by atoms with Crippen LogP contribution in [-0.2, 0) is 4.79 Å². The molecule has 2 rings (SSSR count). The molecule has 0 saturated heterocycles. The van der Waals surface area contributed by atoms with Gasteiger partial charge in [-0.2, -0.15) is 0 Å². The van der Waals surface area contributed by atoms with Crippen LogP contribution in [0.25, 0.3) is 6.08 Å². The highest BCUT2D eigenvalue weighted by atomic mass is 16.5. The molecule has 6 nitrogen and oxygen atoms in total. The molecule has 2 aromatic rings. The number of hydrogen-bond acceptors (Lipinski definition) is 4. The van der Waals surface area contributed by atoms with E-state index >= 15 is 0 Å². The minimum absolute atomic E-state index is 0.305. The number of nitrogens with one attached hydrogen (secondary N) is 1. The van der Waals surface area contributed by atoms with Crippen LogP contribution in [-0.4, -0.2) is 22.1 Å². The van der Waals surface area contributed by atoms with Crippen molar-refractivity contribution in [2.75, 3.05) is 5.32 Å². The van der Waals surface area contributed by atoms with Crippen LogP contribution in [0.5, 0.6) is 0 Å². The third-order valence-corrected chi connectivity index (χ3v) is 2.81. The monoisotopic (exact) mass is 286 g/mol. The SMILES string of the molecule is Cc1cc(NC(=O)c2ccc(/C=C/C(=O)O)c(C)c2)no1.